The van der Waals surface area contributed by atoms with Gasteiger partial charge in [0.2, 0.25) is 5.91 Å². The molecule has 1 aliphatic rings. The molecule has 0 unspecified atom stereocenters. The van der Waals surface area contributed by atoms with Crippen molar-refractivity contribution < 1.29 is 24.2 Å². The van der Waals surface area contributed by atoms with Crippen LogP contribution in [0.5, 0.6) is 11.5 Å². The number of methoxy groups -OCH3 is 2. The number of carbonyl (C=O) groups excluding carboxylic acids is 1. The third-order valence-electron chi connectivity index (χ3n) is 4.51. The van der Waals surface area contributed by atoms with E-state index in [2.05, 4.69) is 5.10 Å². The molecule has 0 bridgehead atoms. The summed E-state index contributed by atoms with van der Waals surface area (Å²) in [4.78, 5) is 24.6. The van der Waals surface area contributed by atoms with E-state index in [1.807, 2.05) is 29.6 Å². The second-order valence-corrected chi connectivity index (χ2v) is 7.32. The predicted octanol–water partition coefficient (Wildman–Crippen LogP) is 3.70. The van der Waals surface area contributed by atoms with Crippen LogP contribution >= 0.6 is 11.3 Å². The Bertz CT molecular complexity index is 856. The summed E-state index contributed by atoms with van der Waals surface area (Å²) in [5, 5.41) is 16.9. The van der Waals surface area contributed by atoms with Gasteiger partial charge in [0.05, 0.1) is 30.9 Å². The molecule has 2 heterocycles. The van der Waals surface area contributed by atoms with E-state index in [1.54, 1.807) is 31.6 Å². The summed E-state index contributed by atoms with van der Waals surface area (Å²) in [5.74, 6) is 0.167. The Kier molecular flexibility index (Phi) is 6.30. The van der Waals surface area contributed by atoms with Crippen molar-refractivity contribution in [3.8, 4) is 11.5 Å². The zero-order valence-electron chi connectivity index (χ0n) is 15.8. The number of ether oxygens (including phenoxy) is 2. The third kappa shape index (κ3) is 4.51. The van der Waals surface area contributed by atoms with Gasteiger partial charge in [-0.05, 0) is 35.6 Å². The van der Waals surface area contributed by atoms with Crippen LogP contribution in [-0.2, 0) is 9.59 Å². The van der Waals surface area contributed by atoms with E-state index in [4.69, 9.17) is 14.6 Å². The average Bonchev–Trinajstić information content (AvgIpc) is 3.36. The summed E-state index contributed by atoms with van der Waals surface area (Å²) < 4.78 is 10.7. The lowest BCUT2D eigenvalue weighted by Crippen LogP contribution is -2.27. The molecular formula is C20H22N2O5S. The van der Waals surface area contributed by atoms with Gasteiger partial charge in [-0.3, -0.25) is 9.59 Å². The standard InChI is InChI=1S/C20H22N2O5S/c1-26-14-9-13(10-15(11-14)27-2)17-12-16(18-5-4-8-28-18)21-22(17)19(23)6-3-7-20(24)25/h4-5,8-11,17H,3,6-7,12H2,1-2H3,(H,24,25)/t17-/m1/s1. The van der Waals surface area contributed by atoms with Gasteiger partial charge in [-0.1, -0.05) is 6.07 Å². The minimum absolute atomic E-state index is 0.0429. The maximum absolute atomic E-state index is 12.8. The summed E-state index contributed by atoms with van der Waals surface area (Å²) in [6.45, 7) is 0. The average molecular weight is 402 g/mol. The highest BCUT2D eigenvalue weighted by Gasteiger charge is 2.33. The lowest BCUT2D eigenvalue weighted by atomic mass is 10.00. The predicted molar refractivity (Wildman–Crippen MR) is 106 cm³/mol. The molecule has 148 valence electrons. The van der Waals surface area contributed by atoms with E-state index >= 15 is 0 Å². The van der Waals surface area contributed by atoms with Gasteiger partial charge >= 0.3 is 5.97 Å². The summed E-state index contributed by atoms with van der Waals surface area (Å²) in [7, 11) is 3.16. The number of nitrogens with zero attached hydrogens (tertiary/aromatic N) is 2. The Morgan fingerprint density at radius 3 is 2.50 bits per heavy atom. The Morgan fingerprint density at radius 2 is 1.93 bits per heavy atom. The molecule has 1 amide bonds. The van der Waals surface area contributed by atoms with Gasteiger partial charge in [0.15, 0.2) is 0 Å². The van der Waals surface area contributed by atoms with Crippen molar-refractivity contribution in [3.63, 3.8) is 0 Å². The molecule has 2 aromatic rings. The molecule has 0 aliphatic carbocycles. The zero-order chi connectivity index (χ0) is 20.1. The third-order valence-corrected chi connectivity index (χ3v) is 5.43. The van der Waals surface area contributed by atoms with E-state index in [-0.39, 0.29) is 31.2 Å². The molecule has 1 aliphatic heterocycles. The maximum Gasteiger partial charge on any atom is 0.303 e. The van der Waals surface area contributed by atoms with Crippen LogP contribution in [0.15, 0.2) is 40.8 Å². The summed E-state index contributed by atoms with van der Waals surface area (Å²) in [6.07, 6.45) is 0.939. The molecule has 0 saturated heterocycles. The number of amides is 1. The number of rotatable bonds is 8. The number of hydrogen-bond donors (Lipinski definition) is 1. The normalized spacial score (nSPS) is 16.0. The van der Waals surface area contributed by atoms with Crippen LogP contribution in [0.1, 0.15) is 42.2 Å². The highest BCUT2D eigenvalue weighted by molar-refractivity contribution is 7.12. The second-order valence-electron chi connectivity index (χ2n) is 6.38. The zero-order valence-corrected chi connectivity index (χ0v) is 16.6. The van der Waals surface area contributed by atoms with Crippen LogP contribution < -0.4 is 9.47 Å². The number of carboxylic acid groups (broad SMARTS) is 1. The van der Waals surface area contributed by atoms with Crippen molar-refractivity contribution in [2.75, 3.05) is 14.2 Å². The van der Waals surface area contributed by atoms with Gasteiger partial charge in [0.1, 0.15) is 11.5 Å². The molecule has 1 aromatic carbocycles. The van der Waals surface area contributed by atoms with Crippen molar-refractivity contribution in [1.29, 1.82) is 0 Å². The highest BCUT2D eigenvalue weighted by Crippen LogP contribution is 2.37. The van der Waals surface area contributed by atoms with Crippen LogP contribution in [0.4, 0.5) is 0 Å². The quantitative estimate of drug-likeness (QED) is 0.727. The number of carboxylic acids is 1. The van der Waals surface area contributed by atoms with Gasteiger partial charge in [0.25, 0.3) is 0 Å². The van der Waals surface area contributed by atoms with E-state index in [0.717, 1.165) is 16.2 Å². The number of carbonyl (C=O) groups is 2. The molecule has 28 heavy (non-hydrogen) atoms. The molecule has 1 aromatic heterocycles. The number of hydrogen-bond acceptors (Lipinski definition) is 6. The molecular weight excluding hydrogens is 380 g/mol. The van der Waals surface area contributed by atoms with Crippen molar-refractivity contribution in [2.24, 2.45) is 5.10 Å². The van der Waals surface area contributed by atoms with Gasteiger partial charge in [0, 0.05) is 25.3 Å². The van der Waals surface area contributed by atoms with Gasteiger partial charge < -0.3 is 14.6 Å². The van der Waals surface area contributed by atoms with Crippen molar-refractivity contribution in [2.45, 2.75) is 31.7 Å². The molecule has 7 nitrogen and oxygen atoms in total. The Hall–Kier alpha value is -2.87. The lowest BCUT2D eigenvalue weighted by molar-refractivity contribution is -0.137. The molecule has 0 fully saturated rings. The molecule has 1 atom stereocenters. The second kappa shape index (κ2) is 8.88. The maximum atomic E-state index is 12.8. The molecule has 0 radical (unpaired) electrons. The number of hydrazone groups is 1. The fourth-order valence-corrected chi connectivity index (χ4v) is 3.84. The van der Waals surface area contributed by atoms with Gasteiger partial charge in [-0.15, -0.1) is 11.3 Å². The first kappa shape index (κ1) is 19.9. The van der Waals surface area contributed by atoms with E-state index in [9.17, 15) is 9.59 Å². The Morgan fingerprint density at radius 1 is 1.21 bits per heavy atom. The summed E-state index contributed by atoms with van der Waals surface area (Å²) in [5.41, 5.74) is 1.70. The van der Waals surface area contributed by atoms with E-state index < -0.39 is 5.97 Å². The Balaban J connectivity index is 1.89. The van der Waals surface area contributed by atoms with Crippen LogP contribution in [-0.4, -0.2) is 41.9 Å². The Labute approximate surface area is 167 Å². The minimum Gasteiger partial charge on any atom is -0.497 e. The first-order valence-electron chi connectivity index (χ1n) is 8.90. The molecule has 3 rings (SSSR count). The largest absolute Gasteiger partial charge is 0.497 e. The molecule has 1 N–H and O–H groups in total. The van der Waals surface area contributed by atoms with Crippen LogP contribution in [0.2, 0.25) is 0 Å². The first-order chi connectivity index (χ1) is 13.5. The highest BCUT2D eigenvalue weighted by atomic mass is 32.1. The van der Waals surface area contributed by atoms with E-state index in [0.29, 0.717) is 17.9 Å². The van der Waals surface area contributed by atoms with Crippen molar-refractivity contribution >= 4 is 28.9 Å². The van der Waals surface area contributed by atoms with Crippen LogP contribution in [0.25, 0.3) is 0 Å². The summed E-state index contributed by atoms with van der Waals surface area (Å²) >= 11 is 1.57. The molecule has 0 spiro atoms. The topological polar surface area (TPSA) is 88.4 Å². The van der Waals surface area contributed by atoms with Crippen LogP contribution in [0.3, 0.4) is 0 Å². The van der Waals surface area contributed by atoms with E-state index in [1.165, 1.54) is 5.01 Å². The summed E-state index contributed by atoms with van der Waals surface area (Å²) in [6, 6.07) is 9.15. The fraction of sp³-hybridized carbons (Fsp3) is 0.350. The fourth-order valence-electron chi connectivity index (χ4n) is 3.12. The molecule has 8 heteroatoms. The number of benzene rings is 1. The minimum atomic E-state index is -0.911. The van der Waals surface area contributed by atoms with Gasteiger partial charge in [-0.25, -0.2) is 5.01 Å². The SMILES string of the molecule is COc1cc(OC)cc([C@H]2CC(c3cccs3)=NN2C(=O)CCCC(=O)O)c1. The molecule has 0 saturated carbocycles. The van der Waals surface area contributed by atoms with Crippen molar-refractivity contribution in [3.05, 3.63) is 46.2 Å². The van der Waals surface area contributed by atoms with Gasteiger partial charge in [-0.2, -0.15) is 5.10 Å². The number of thiophene rings is 1. The first-order valence-corrected chi connectivity index (χ1v) is 9.78. The lowest BCUT2D eigenvalue weighted by Gasteiger charge is -2.23. The van der Waals surface area contributed by atoms with Crippen molar-refractivity contribution in [1.82, 2.24) is 5.01 Å². The monoisotopic (exact) mass is 402 g/mol. The van der Waals surface area contributed by atoms with Crippen LogP contribution in [0, 0.1) is 0 Å². The number of aliphatic carboxylic acids is 1. The smallest absolute Gasteiger partial charge is 0.303 e.